The number of amides is 2. The summed E-state index contributed by atoms with van der Waals surface area (Å²) in [5.41, 5.74) is 2.38. The Hall–Kier alpha value is -3.37. The van der Waals surface area contributed by atoms with Crippen LogP contribution in [0.3, 0.4) is 0 Å². The fraction of sp³-hybridized carbons (Fsp3) is 0.167. The maximum Gasteiger partial charge on any atom is 0.237 e. The molecule has 0 aliphatic heterocycles. The van der Waals surface area contributed by atoms with Crippen molar-refractivity contribution in [1.29, 1.82) is 0 Å². The number of halogens is 1. The van der Waals surface area contributed by atoms with Gasteiger partial charge in [-0.25, -0.2) is 0 Å². The van der Waals surface area contributed by atoms with Crippen LogP contribution in [0.1, 0.15) is 19.4 Å². The summed E-state index contributed by atoms with van der Waals surface area (Å²) in [5, 5.41) is 14.4. The van der Waals surface area contributed by atoms with Crippen LogP contribution in [0.4, 0.5) is 11.4 Å². The molecule has 174 valence electrons. The van der Waals surface area contributed by atoms with Crippen molar-refractivity contribution in [3.8, 4) is 11.6 Å². The molecule has 10 heteroatoms. The summed E-state index contributed by atoms with van der Waals surface area (Å²) in [6.07, 6.45) is 0. The summed E-state index contributed by atoms with van der Waals surface area (Å²) < 4.78 is 8.25. The molecular formula is C24H22BrN5O3S. The van der Waals surface area contributed by atoms with E-state index >= 15 is 0 Å². The van der Waals surface area contributed by atoms with Gasteiger partial charge in [0, 0.05) is 18.3 Å². The van der Waals surface area contributed by atoms with Gasteiger partial charge in [0.2, 0.25) is 17.6 Å². The lowest BCUT2D eigenvalue weighted by Gasteiger charge is -2.14. The molecule has 2 N–H and O–H groups in total. The Balaban J connectivity index is 1.51. The quantitative estimate of drug-likeness (QED) is 0.289. The number of hydrogen-bond acceptors (Lipinski definition) is 6. The summed E-state index contributed by atoms with van der Waals surface area (Å²) in [6, 6.07) is 20.5. The van der Waals surface area contributed by atoms with Gasteiger partial charge in [0.1, 0.15) is 0 Å². The van der Waals surface area contributed by atoms with Gasteiger partial charge < -0.3 is 15.1 Å². The van der Waals surface area contributed by atoms with E-state index in [1.807, 2.05) is 47.9 Å². The molecule has 34 heavy (non-hydrogen) atoms. The third-order valence-electron chi connectivity index (χ3n) is 4.82. The second-order valence-corrected chi connectivity index (χ2v) is 9.58. The van der Waals surface area contributed by atoms with Crippen molar-refractivity contribution < 1.29 is 14.0 Å². The topological polar surface area (TPSA) is 102 Å². The first-order valence-corrected chi connectivity index (χ1v) is 12.1. The van der Waals surface area contributed by atoms with Gasteiger partial charge in [0.15, 0.2) is 15.6 Å². The Morgan fingerprint density at radius 2 is 1.68 bits per heavy atom. The van der Waals surface area contributed by atoms with E-state index < -0.39 is 5.25 Å². The highest BCUT2D eigenvalue weighted by atomic mass is 79.9. The van der Waals surface area contributed by atoms with Crippen LogP contribution in [0.15, 0.2) is 81.0 Å². The molecule has 4 rings (SSSR count). The zero-order valence-electron chi connectivity index (χ0n) is 18.5. The van der Waals surface area contributed by atoms with Gasteiger partial charge in [0.05, 0.1) is 11.8 Å². The largest absolute Gasteiger partial charge is 0.446 e. The number of nitrogens with zero attached hydrogens (tertiary/aromatic N) is 3. The third kappa shape index (κ3) is 5.95. The van der Waals surface area contributed by atoms with Crippen LogP contribution in [-0.4, -0.2) is 31.8 Å². The molecule has 4 aromatic rings. The van der Waals surface area contributed by atoms with Gasteiger partial charge in [0.25, 0.3) is 0 Å². The lowest BCUT2D eigenvalue weighted by Crippen LogP contribution is -2.23. The van der Waals surface area contributed by atoms with Crippen LogP contribution in [0.5, 0.6) is 0 Å². The summed E-state index contributed by atoms with van der Waals surface area (Å²) >= 11 is 4.65. The predicted molar refractivity (Wildman–Crippen MR) is 136 cm³/mol. The van der Waals surface area contributed by atoms with E-state index in [1.165, 1.54) is 18.7 Å². The zero-order chi connectivity index (χ0) is 24.1. The minimum absolute atomic E-state index is 0.150. The molecular weight excluding hydrogens is 518 g/mol. The molecule has 0 radical (unpaired) electrons. The van der Waals surface area contributed by atoms with E-state index in [1.54, 1.807) is 30.3 Å². The van der Waals surface area contributed by atoms with E-state index in [9.17, 15) is 9.59 Å². The van der Waals surface area contributed by atoms with Crippen molar-refractivity contribution in [3.05, 3.63) is 77.0 Å². The molecule has 0 saturated carbocycles. The first-order valence-electron chi connectivity index (χ1n) is 10.5. The molecule has 1 unspecified atom stereocenters. The SMILES string of the molecule is CC(=O)Nc1ccc(NC(=O)C(C)Sc2nnc(-c3ccc(Br)o3)n2Cc2ccccc2)cc1. The number of carbonyl (C=O) groups is 2. The maximum atomic E-state index is 12.8. The summed E-state index contributed by atoms with van der Waals surface area (Å²) in [7, 11) is 0. The number of benzene rings is 2. The van der Waals surface area contributed by atoms with Crippen LogP contribution in [-0.2, 0) is 16.1 Å². The van der Waals surface area contributed by atoms with Crippen LogP contribution in [0.2, 0.25) is 0 Å². The Morgan fingerprint density at radius 3 is 2.29 bits per heavy atom. The second kappa shape index (κ2) is 10.7. The zero-order valence-corrected chi connectivity index (χ0v) is 20.9. The monoisotopic (exact) mass is 539 g/mol. The van der Waals surface area contributed by atoms with E-state index in [-0.39, 0.29) is 11.8 Å². The fourth-order valence-electron chi connectivity index (χ4n) is 3.20. The van der Waals surface area contributed by atoms with Gasteiger partial charge in [-0.2, -0.15) is 0 Å². The highest BCUT2D eigenvalue weighted by molar-refractivity contribution is 9.10. The molecule has 1 atom stereocenters. The standard InChI is InChI=1S/C24H22BrN5O3S/c1-15(23(32)27-19-10-8-18(9-11-19)26-16(2)31)34-24-29-28-22(20-12-13-21(25)33-20)30(24)14-17-6-4-3-5-7-17/h3-13,15H,14H2,1-2H3,(H,26,31)(H,27,32). The Labute approximate surface area is 209 Å². The van der Waals surface area contributed by atoms with E-state index in [2.05, 4.69) is 36.8 Å². The van der Waals surface area contributed by atoms with E-state index in [4.69, 9.17) is 4.42 Å². The van der Waals surface area contributed by atoms with Gasteiger partial charge >= 0.3 is 0 Å². The Morgan fingerprint density at radius 1 is 1.00 bits per heavy atom. The molecule has 0 saturated heterocycles. The molecule has 0 aliphatic rings. The number of hydrogen-bond donors (Lipinski definition) is 2. The minimum atomic E-state index is -0.440. The normalized spacial score (nSPS) is 11.7. The molecule has 0 fully saturated rings. The molecule has 0 spiro atoms. The minimum Gasteiger partial charge on any atom is -0.446 e. The van der Waals surface area contributed by atoms with Gasteiger partial charge in [-0.15, -0.1) is 10.2 Å². The first kappa shape index (κ1) is 23.8. The molecule has 0 bridgehead atoms. The van der Waals surface area contributed by atoms with Crippen LogP contribution in [0.25, 0.3) is 11.6 Å². The van der Waals surface area contributed by atoms with Crippen LogP contribution >= 0.6 is 27.7 Å². The van der Waals surface area contributed by atoms with Gasteiger partial charge in [-0.05, 0) is 64.8 Å². The molecule has 2 aromatic heterocycles. The van der Waals surface area contributed by atoms with Crippen LogP contribution in [0, 0.1) is 0 Å². The number of thioether (sulfide) groups is 1. The van der Waals surface area contributed by atoms with Crippen molar-refractivity contribution in [1.82, 2.24) is 14.8 Å². The molecule has 2 aromatic carbocycles. The third-order valence-corrected chi connectivity index (χ3v) is 6.32. The number of furan rings is 1. The number of aromatic nitrogens is 3. The number of anilines is 2. The smallest absolute Gasteiger partial charge is 0.237 e. The molecule has 2 amide bonds. The van der Waals surface area contributed by atoms with Crippen molar-refractivity contribution in [3.63, 3.8) is 0 Å². The Kier molecular flexibility index (Phi) is 7.49. The van der Waals surface area contributed by atoms with E-state index in [0.717, 1.165) is 5.56 Å². The molecule has 2 heterocycles. The fourth-order valence-corrected chi connectivity index (χ4v) is 4.35. The highest BCUT2D eigenvalue weighted by Crippen LogP contribution is 2.30. The lowest BCUT2D eigenvalue weighted by atomic mass is 10.2. The van der Waals surface area contributed by atoms with Gasteiger partial charge in [-0.3, -0.25) is 14.2 Å². The van der Waals surface area contributed by atoms with Crippen LogP contribution < -0.4 is 10.6 Å². The second-order valence-electron chi connectivity index (χ2n) is 7.49. The molecule has 8 nitrogen and oxygen atoms in total. The predicted octanol–water partition coefficient (Wildman–Crippen LogP) is 5.43. The van der Waals surface area contributed by atoms with Crippen molar-refractivity contribution in [2.75, 3.05) is 10.6 Å². The summed E-state index contributed by atoms with van der Waals surface area (Å²) in [4.78, 5) is 24.0. The Bertz CT molecular complexity index is 1290. The van der Waals surface area contributed by atoms with Crippen molar-refractivity contribution >= 4 is 50.9 Å². The summed E-state index contributed by atoms with van der Waals surface area (Å²) in [5.74, 6) is 0.841. The summed E-state index contributed by atoms with van der Waals surface area (Å²) in [6.45, 7) is 3.79. The average molecular weight is 540 g/mol. The highest BCUT2D eigenvalue weighted by Gasteiger charge is 2.22. The average Bonchev–Trinajstić information content (AvgIpc) is 3.41. The first-order chi connectivity index (χ1) is 16.4. The number of rotatable bonds is 8. The number of carbonyl (C=O) groups excluding carboxylic acids is 2. The van der Waals surface area contributed by atoms with Crippen molar-refractivity contribution in [2.45, 2.75) is 30.8 Å². The number of nitrogens with one attached hydrogen (secondary N) is 2. The molecule has 0 aliphatic carbocycles. The van der Waals surface area contributed by atoms with E-state index in [0.29, 0.717) is 39.3 Å². The van der Waals surface area contributed by atoms with Gasteiger partial charge in [-0.1, -0.05) is 42.1 Å². The lowest BCUT2D eigenvalue weighted by molar-refractivity contribution is -0.115. The van der Waals surface area contributed by atoms with Crippen molar-refractivity contribution in [2.24, 2.45) is 0 Å². The maximum absolute atomic E-state index is 12.8.